The lowest BCUT2D eigenvalue weighted by molar-refractivity contribution is 0.0694. The summed E-state index contributed by atoms with van der Waals surface area (Å²) in [5.74, 6) is -1.78. The van der Waals surface area contributed by atoms with Crippen LogP contribution < -0.4 is 4.90 Å². The predicted molar refractivity (Wildman–Crippen MR) is 81.4 cm³/mol. The molecule has 0 amide bonds. The number of aromatic carboxylic acids is 1. The van der Waals surface area contributed by atoms with Crippen molar-refractivity contribution >= 4 is 11.7 Å². The van der Waals surface area contributed by atoms with Crippen molar-refractivity contribution in [1.29, 1.82) is 10.5 Å². The number of allylic oxidation sites excluding steroid dienone is 2. The van der Waals surface area contributed by atoms with E-state index in [1.165, 1.54) is 12.1 Å². The van der Waals surface area contributed by atoms with Crippen LogP contribution in [0.25, 0.3) is 0 Å². The fourth-order valence-corrected chi connectivity index (χ4v) is 2.82. The van der Waals surface area contributed by atoms with Gasteiger partial charge in [-0.15, -0.1) is 0 Å². The number of nitriles is 2. The molecule has 0 bridgehead atoms. The number of aromatic hydroxyl groups is 1. The lowest BCUT2D eigenvalue weighted by Gasteiger charge is -2.28. The van der Waals surface area contributed by atoms with Gasteiger partial charge in [0.25, 0.3) is 0 Å². The highest BCUT2D eigenvalue weighted by Crippen LogP contribution is 2.38. The summed E-state index contributed by atoms with van der Waals surface area (Å²) in [5, 5.41) is 37.1. The molecular weight excluding hydrogens is 294 g/mol. The Bertz CT molecular complexity index is 868. The molecule has 2 aliphatic rings. The quantitative estimate of drug-likeness (QED) is 0.868. The van der Waals surface area contributed by atoms with Gasteiger partial charge in [0, 0.05) is 29.4 Å². The molecule has 0 fully saturated rings. The molecule has 1 aliphatic heterocycles. The Balaban J connectivity index is 2.01. The smallest absolute Gasteiger partial charge is 0.339 e. The van der Waals surface area contributed by atoms with Crippen LogP contribution in [-0.4, -0.2) is 22.2 Å². The fraction of sp³-hybridized carbons (Fsp3) is 0.118. The first-order chi connectivity index (χ1) is 11.0. The van der Waals surface area contributed by atoms with Gasteiger partial charge in [0.15, 0.2) is 0 Å². The monoisotopic (exact) mass is 305 g/mol. The fourth-order valence-electron chi connectivity index (χ4n) is 2.82. The third kappa shape index (κ3) is 2.33. The van der Waals surface area contributed by atoms with E-state index in [0.717, 1.165) is 0 Å². The first-order valence-corrected chi connectivity index (χ1v) is 6.81. The van der Waals surface area contributed by atoms with Crippen LogP contribution >= 0.6 is 0 Å². The van der Waals surface area contributed by atoms with Crippen molar-refractivity contribution in [3.8, 4) is 17.9 Å². The SMILES string of the molecule is N#CC1=CC2C(C#N)=CN(c3ccc(C(=O)O)c(O)c3)C2C=C1. The zero-order valence-corrected chi connectivity index (χ0v) is 11.8. The Kier molecular flexibility index (Phi) is 3.36. The lowest BCUT2D eigenvalue weighted by atomic mass is 9.88. The Hall–Kier alpha value is -3.51. The van der Waals surface area contributed by atoms with Crippen molar-refractivity contribution in [2.24, 2.45) is 5.92 Å². The lowest BCUT2D eigenvalue weighted by Crippen LogP contribution is -2.31. The standard InChI is InChI=1S/C17H11N3O3/c18-7-10-1-4-15-14(5-10)11(8-19)9-20(15)12-2-3-13(17(22)23)16(21)6-12/h1-6,9,14-15,21H,(H,22,23). The summed E-state index contributed by atoms with van der Waals surface area (Å²) in [5.41, 5.74) is 1.40. The summed E-state index contributed by atoms with van der Waals surface area (Å²) in [6, 6.07) is 8.26. The molecule has 0 spiro atoms. The summed E-state index contributed by atoms with van der Waals surface area (Å²) in [4.78, 5) is 12.8. The van der Waals surface area contributed by atoms with Gasteiger partial charge in [-0.25, -0.2) is 4.79 Å². The van der Waals surface area contributed by atoms with E-state index in [4.69, 9.17) is 10.4 Å². The second-order valence-corrected chi connectivity index (χ2v) is 5.22. The number of hydrogen-bond donors (Lipinski definition) is 2. The zero-order valence-electron chi connectivity index (χ0n) is 11.8. The normalized spacial score (nSPS) is 21.7. The number of rotatable bonds is 2. The van der Waals surface area contributed by atoms with Crippen LogP contribution in [0.2, 0.25) is 0 Å². The molecular formula is C17H11N3O3. The van der Waals surface area contributed by atoms with Crippen LogP contribution in [-0.2, 0) is 0 Å². The minimum Gasteiger partial charge on any atom is -0.507 e. The molecule has 0 saturated carbocycles. The van der Waals surface area contributed by atoms with Gasteiger partial charge >= 0.3 is 5.97 Å². The van der Waals surface area contributed by atoms with Crippen LogP contribution in [0.4, 0.5) is 5.69 Å². The summed E-state index contributed by atoms with van der Waals surface area (Å²) in [6.45, 7) is 0. The van der Waals surface area contributed by atoms with E-state index in [1.807, 2.05) is 6.08 Å². The Morgan fingerprint density at radius 1 is 1.26 bits per heavy atom. The topological polar surface area (TPSA) is 108 Å². The van der Waals surface area contributed by atoms with Crippen LogP contribution in [0.3, 0.4) is 0 Å². The Labute approximate surface area is 132 Å². The molecule has 2 N–H and O–H groups in total. The molecule has 0 saturated heterocycles. The maximum absolute atomic E-state index is 11.0. The second kappa shape index (κ2) is 5.36. The van der Waals surface area contributed by atoms with Crippen LogP contribution in [0.15, 0.2) is 53.8 Å². The number of carbonyl (C=O) groups is 1. The van der Waals surface area contributed by atoms with E-state index < -0.39 is 5.97 Å². The molecule has 1 aromatic rings. The number of hydrogen-bond acceptors (Lipinski definition) is 5. The van der Waals surface area contributed by atoms with Gasteiger partial charge in [-0.2, -0.15) is 10.5 Å². The van der Waals surface area contributed by atoms with Crippen molar-refractivity contribution < 1.29 is 15.0 Å². The molecule has 0 aromatic heterocycles. The largest absolute Gasteiger partial charge is 0.507 e. The molecule has 2 unspecified atom stereocenters. The number of benzene rings is 1. The number of anilines is 1. The maximum atomic E-state index is 11.0. The molecule has 6 nitrogen and oxygen atoms in total. The van der Waals surface area contributed by atoms with E-state index in [2.05, 4.69) is 12.1 Å². The molecule has 1 aliphatic carbocycles. The molecule has 0 radical (unpaired) electrons. The van der Waals surface area contributed by atoms with Gasteiger partial charge in [-0.1, -0.05) is 12.2 Å². The van der Waals surface area contributed by atoms with Gasteiger partial charge in [-0.05, 0) is 18.2 Å². The zero-order chi connectivity index (χ0) is 16.6. The number of carboxylic acid groups (broad SMARTS) is 1. The van der Waals surface area contributed by atoms with Crippen LogP contribution in [0.5, 0.6) is 5.75 Å². The van der Waals surface area contributed by atoms with E-state index in [1.54, 1.807) is 29.3 Å². The van der Waals surface area contributed by atoms with Gasteiger partial charge in [0.2, 0.25) is 0 Å². The first-order valence-electron chi connectivity index (χ1n) is 6.81. The Morgan fingerprint density at radius 2 is 2.04 bits per heavy atom. The highest BCUT2D eigenvalue weighted by atomic mass is 16.4. The van der Waals surface area contributed by atoms with E-state index in [9.17, 15) is 15.2 Å². The van der Waals surface area contributed by atoms with Crippen molar-refractivity contribution in [3.05, 3.63) is 59.3 Å². The number of fused-ring (bicyclic) bond motifs is 1. The van der Waals surface area contributed by atoms with Crippen LogP contribution in [0.1, 0.15) is 10.4 Å². The minimum atomic E-state index is -1.21. The average Bonchev–Trinajstić information content (AvgIpc) is 2.92. The highest BCUT2D eigenvalue weighted by molar-refractivity contribution is 5.91. The molecule has 23 heavy (non-hydrogen) atoms. The molecule has 3 rings (SSSR count). The van der Waals surface area contributed by atoms with Crippen LogP contribution in [0, 0.1) is 28.6 Å². The first kappa shape index (κ1) is 14.4. The van der Waals surface area contributed by atoms with Crippen molar-refractivity contribution in [1.82, 2.24) is 0 Å². The van der Waals surface area contributed by atoms with Gasteiger partial charge in [-0.3, -0.25) is 0 Å². The molecule has 1 heterocycles. The van der Waals surface area contributed by atoms with Crippen molar-refractivity contribution in [2.75, 3.05) is 4.90 Å². The summed E-state index contributed by atoms with van der Waals surface area (Å²) < 4.78 is 0. The summed E-state index contributed by atoms with van der Waals surface area (Å²) in [6.07, 6.45) is 6.91. The third-order valence-corrected chi connectivity index (χ3v) is 3.93. The average molecular weight is 305 g/mol. The van der Waals surface area contributed by atoms with Gasteiger partial charge < -0.3 is 15.1 Å². The molecule has 1 aromatic carbocycles. The highest BCUT2D eigenvalue weighted by Gasteiger charge is 2.35. The Morgan fingerprint density at radius 3 is 2.65 bits per heavy atom. The molecule has 112 valence electrons. The number of phenols is 1. The molecule has 6 heteroatoms. The number of carboxylic acids is 1. The van der Waals surface area contributed by atoms with E-state index in [0.29, 0.717) is 16.8 Å². The van der Waals surface area contributed by atoms with E-state index >= 15 is 0 Å². The maximum Gasteiger partial charge on any atom is 0.339 e. The van der Waals surface area contributed by atoms with Crippen molar-refractivity contribution in [3.63, 3.8) is 0 Å². The summed E-state index contributed by atoms with van der Waals surface area (Å²) in [7, 11) is 0. The van der Waals surface area contributed by atoms with Gasteiger partial charge in [0.05, 0.1) is 23.8 Å². The minimum absolute atomic E-state index is 0.181. The molecule has 2 atom stereocenters. The summed E-state index contributed by atoms with van der Waals surface area (Å²) >= 11 is 0. The van der Waals surface area contributed by atoms with E-state index in [-0.39, 0.29) is 23.3 Å². The predicted octanol–water partition coefficient (Wildman–Crippen LogP) is 2.32. The number of nitrogens with zero attached hydrogens (tertiary/aromatic N) is 3. The third-order valence-electron chi connectivity index (χ3n) is 3.93. The second-order valence-electron chi connectivity index (χ2n) is 5.22. The van der Waals surface area contributed by atoms with Gasteiger partial charge in [0.1, 0.15) is 11.3 Å². The van der Waals surface area contributed by atoms with Crippen molar-refractivity contribution in [2.45, 2.75) is 6.04 Å².